The van der Waals surface area contributed by atoms with Gasteiger partial charge in [-0.25, -0.2) is 0 Å². The maximum absolute atomic E-state index is 10.4. The summed E-state index contributed by atoms with van der Waals surface area (Å²) in [6, 6.07) is 0. The lowest BCUT2D eigenvalue weighted by Gasteiger charge is -1.84. The molecule has 0 spiro atoms. The molecule has 0 aromatic carbocycles. The van der Waals surface area contributed by atoms with Crippen LogP contribution < -0.4 is 0 Å². The Morgan fingerprint density at radius 3 is 2.29 bits per heavy atom. The van der Waals surface area contributed by atoms with Crippen LogP contribution in [0.4, 0.5) is 0 Å². The van der Waals surface area contributed by atoms with Crippen molar-refractivity contribution in [3.05, 3.63) is 0 Å². The van der Waals surface area contributed by atoms with Gasteiger partial charge in [0.15, 0.2) is 0 Å². The second kappa shape index (κ2) is 3.91. The molecule has 0 aliphatic carbocycles. The van der Waals surface area contributed by atoms with Crippen molar-refractivity contribution in [2.24, 2.45) is 0 Å². The fourth-order valence-electron chi connectivity index (χ4n) is 0.456. The fourth-order valence-corrected chi connectivity index (χ4v) is 0.456. The van der Waals surface area contributed by atoms with E-state index in [0.29, 0.717) is 12.1 Å². The van der Waals surface area contributed by atoms with Crippen molar-refractivity contribution >= 4 is 13.0 Å². The average molecular weight is 98.0 g/mol. The molecule has 0 unspecified atom stereocenters. The van der Waals surface area contributed by atoms with Crippen LogP contribution in [-0.2, 0) is 4.79 Å². The minimum atomic E-state index is 0.377. The molecule has 0 atom stereocenters. The summed E-state index contributed by atoms with van der Waals surface area (Å²) in [6.07, 6.45) is 1.69. The molecule has 0 heterocycles. The standard InChI is InChI=1S/C5H11BO/c1-3-5(7)6-4-2/h6H,3-4H2,1-2H3. The third-order valence-electron chi connectivity index (χ3n) is 0.923. The fraction of sp³-hybridized carbons (Fsp3) is 0.800. The van der Waals surface area contributed by atoms with E-state index in [1.54, 1.807) is 0 Å². The molecule has 2 heteroatoms. The van der Waals surface area contributed by atoms with Gasteiger partial charge in [0.25, 0.3) is 0 Å². The molecule has 7 heavy (non-hydrogen) atoms. The molecule has 0 aromatic heterocycles. The first kappa shape index (κ1) is 6.73. The number of hydrogen-bond acceptors (Lipinski definition) is 1. The van der Waals surface area contributed by atoms with Gasteiger partial charge in [-0.2, -0.15) is 0 Å². The van der Waals surface area contributed by atoms with Gasteiger partial charge in [-0.3, -0.25) is 0 Å². The topological polar surface area (TPSA) is 17.1 Å². The van der Waals surface area contributed by atoms with Gasteiger partial charge in [0.05, 0.1) is 5.68 Å². The Balaban J connectivity index is 3.00. The predicted octanol–water partition coefficient (Wildman–Crippen LogP) is 0.798. The van der Waals surface area contributed by atoms with Crippen molar-refractivity contribution < 1.29 is 4.79 Å². The largest absolute Gasteiger partial charge is 0.312 e. The SMILES string of the molecule is CCBC(=O)CC. The summed E-state index contributed by atoms with van der Waals surface area (Å²) in [6.45, 7) is 3.92. The summed E-state index contributed by atoms with van der Waals surface area (Å²) in [5, 5.41) is 0. The van der Waals surface area contributed by atoms with E-state index in [2.05, 4.69) is 0 Å². The summed E-state index contributed by atoms with van der Waals surface area (Å²) in [4.78, 5) is 10.4. The van der Waals surface area contributed by atoms with Crippen molar-refractivity contribution in [2.45, 2.75) is 26.6 Å². The first-order chi connectivity index (χ1) is 3.31. The van der Waals surface area contributed by atoms with E-state index in [1.807, 2.05) is 13.8 Å². The maximum atomic E-state index is 10.4. The minimum absolute atomic E-state index is 0.377. The lowest BCUT2D eigenvalue weighted by atomic mass is 9.70. The van der Waals surface area contributed by atoms with E-state index < -0.39 is 0 Å². The van der Waals surface area contributed by atoms with Crippen LogP contribution in [0.3, 0.4) is 0 Å². The number of carbonyl (C=O) groups excluding carboxylic acids is 1. The summed E-state index contributed by atoms with van der Waals surface area (Å²) in [7, 11) is 0.760. The van der Waals surface area contributed by atoms with E-state index in [1.165, 1.54) is 0 Å². The Bertz CT molecular complexity index is 61.1. The van der Waals surface area contributed by atoms with E-state index in [-0.39, 0.29) is 0 Å². The Labute approximate surface area is 45.3 Å². The van der Waals surface area contributed by atoms with Gasteiger partial charge < -0.3 is 4.79 Å². The first-order valence-corrected chi connectivity index (χ1v) is 2.83. The van der Waals surface area contributed by atoms with E-state index >= 15 is 0 Å². The predicted molar refractivity (Wildman–Crippen MR) is 32.9 cm³/mol. The summed E-state index contributed by atoms with van der Waals surface area (Å²) < 4.78 is 0. The number of carbonyl (C=O) groups is 1. The highest BCUT2D eigenvalue weighted by Gasteiger charge is 1.94. The van der Waals surface area contributed by atoms with E-state index in [9.17, 15) is 4.79 Å². The lowest BCUT2D eigenvalue weighted by Crippen LogP contribution is -2.04. The Hall–Kier alpha value is -0.265. The molecule has 40 valence electrons. The van der Waals surface area contributed by atoms with Crippen LogP contribution in [0.25, 0.3) is 0 Å². The Morgan fingerprint density at radius 2 is 2.14 bits per heavy atom. The first-order valence-electron chi connectivity index (χ1n) is 2.83. The molecule has 0 radical (unpaired) electrons. The van der Waals surface area contributed by atoms with Crippen LogP contribution >= 0.6 is 0 Å². The van der Waals surface area contributed by atoms with Crippen molar-refractivity contribution in [3.8, 4) is 0 Å². The molecule has 1 nitrogen and oxygen atoms in total. The van der Waals surface area contributed by atoms with Crippen molar-refractivity contribution in [2.75, 3.05) is 0 Å². The van der Waals surface area contributed by atoms with Gasteiger partial charge >= 0.3 is 0 Å². The quantitative estimate of drug-likeness (QED) is 0.477. The van der Waals surface area contributed by atoms with Crippen LogP contribution in [-0.4, -0.2) is 13.0 Å². The molecule has 0 amide bonds. The zero-order valence-electron chi connectivity index (χ0n) is 5.03. The highest BCUT2D eigenvalue weighted by atomic mass is 16.1. The minimum Gasteiger partial charge on any atom is -0.312 e. The molecule has 0 bridgehead atoms. The third kappa shape index (κ3) is 3.57. The van der Waals surface area contributed by atoms with Gasteiger partial charge in [0.2, 0.25) is 7.28 Å². The second-order valence-electron chi connectivity index (χ2n) is 1.64. The van der Waals surface area contributed by atoms with Crippen molar-refractivity contribution in [1.29, 1.82) is 0 Å². The molecule has 0 saturated heterocycles. The highest BCUT2D eigenvalue weighted by molar-refractivity contribution is 6.73. The Kier molecular flexibility index (Phi) is 3.76. The second-order valence-corrected chi connectivity index (χ2v) is 1.64. The van der Waals surface area contributed by atoms with E-state index in [0.717, 1.165) is 13.6 Å². The normalized spacial score (nSPS) is 8.29. The van der Waals surface area contributed by atoms with E-state index in [4.69, 9.17) is 0 Å². The van der Waals surface area contributed by atoms with Crippen LogP contribution in [0.2, 0.25) is 6.32 Å². The average Bonchev–Trinajstić information content (AvgIpc) is 1.68. The van der Waals surface area contributed by atoms with Gasteiger partial charge in [0, 0.05) is 0 Å². The smallest absolute Gasteiger partial charge is 0.205 e. The molecule has 0 aromatic rings. The zero-order valence-corrected chi connectivity index (χ0v) is 5.03. The van der Waals surface area contributed by atoms with Gasteiger partial charge in [-0.1, -0.05) is 20.2 Å². The van der Waals surface area contributed by atoms with Crippen LogP contribution in [0.1, 0.15) is 20.3 Å². The van der Waals surface area contributed by atoms with Crippen LogP contribution in [0.5, 0.6) is 0 Å². The summed E-state index contributed by atoms with van der Waals surface area (Å²) in [5.74, 6) is 0. The molecule has 0 N–H and O–H groups in total. The third-order valence-corrected chi connectivity index (χ3v) is 0.923. The maximum Gasteiger partial charge on any atom is 0.205 e. The molecular formula is C5H11BO. The molecule has 0 saturated carbocycles. The van der Waals surface area contributed by atoms with Gasteiger partial charge in [-0.05, 0) is 6.42 Å². The molecule has 0 rings (SSSR count). The van der Waals surface area contributed by atoms with Crippen LogP contribution in [0.15, 0.2) is 0 Å². The molecule has 0 aliphatic rings. The summed E-state index contributed by atoms with van der Waals surface area (Å²) >= 11 is 0. The molecule has 0 fully saturated rings. The lowest BCUT2D eigenvalue weighted by molar-refractivity contribution is -0.111. The zero-order chi connectivity index (χ0) is 5.70. The van der Waals surface area contributed by atoms with Crippen LogP contribution in [0, 0.1) is 0 Å². The number of hydrogen-bond donors (Lipinski definition) is 0. The Morgan fingerprint density at radius 1 is 1.57 bits per heavy atom. The monoisotopic (exact) mass is 98.1 g/mol. The van der Waals surface area contributed by atoms with Gasteiger partial charge in [0.1, 0.15) is 0 Å². The van der Waals surface area contributed by atoms with Crippen molar-refractivity contribution in [3.63, 3.8) is 0 Å². The van der Waals surface area contributed by atoms with Crippen molar-refractivity contribution in [1.82, 2.24) is 0 Å². The van der Waals surface area contributed by atoms with Gasteiger partial charge in [-0.15, -0.1) is 0 Å². The molecule has 0 aliphatic heterocycles. The summed E-state index contributed by atoms with van der Waals surface area (Å²) in [5.41, 5.74) is 0.377. The molecular weight excluding hydrogens is 86.9 g/mol. The number of rotatable bonds is 3. The highest BCUT2D eigenvalue weighted by Crippen LogP contribution is 1.80.